The van der Waals surface area contributed by atoms with E-state index in [4.69, 9.17) is 0 Å². The minimum absolute atomic E-state index is 1.05. The first-order valence-electron chi connectivity index (χ1n) is 3.32. The van der Waals surface area contributed by atoms with Gasteiger partial charge in [-0.25, -0.2) is 4.98 Å². The summed E-state index contributed by atoms with van der Waals surface area (Å²) in [6.07, 6.45) is 8.98. The molecule has 0 aliphatic rings. The van der Waals surface area contributed by atoms with Gasteiger partial charge in [-0.05, 0) is 6.42 Å². The van der Waals surface area contributed by atoms with Crippen molar-refractivity contribution in [2.45, 2.75) is 26.3 Å². The van der Waals surface area contributed by atoms with Crippen molar-refractivity contribution in [2.24, 2.45) is 0 Å². The smallest absolute Gasteiger partial charge is 0.176 e. The number of nitrogens with zero attached hydrogens (tertiary/aromatic N) is 2. The van der Waals surface area contributed by atoms with Gasteiger partial charge in [0.25, 0.3) is 0 Å². The highest BCUT2D eigenvalue weighted by Crippen LogP contribution is 1.91. The summed E-state index contributed by atoms with van der Waals surface area (Å²) in [6.45, 7) is 3.23. The van der Waals surface area contributed by atoms with Gasteiger partial charge in [0.15, 0.2) is 6.33 Å². The lowest BCUT2D eigenvalue weighted by Crippen LogP contribution is -1.92. The summed E-state index contributed by atoms with van der Waals surface area (Å²) in [4.78, 5) is 3.81. The zero-order valence-corrected chi connectivity index (χ0v) is 5.67. The van der Waals surface area contributed by atoms with Crippen LogP contribution in [0, 0.1) is 6.33 Å². The largest absolute Gasteiger partial charge is 0.328 e. The van der Waals surface area contributed by atoms with E-state index in [1.807, 2.05) is 10.8 Å². The molecule has 49 valence electrons. The summed E-state index contributed by atoms with van der Waals surface area (Å²) in [5.41, 5.74) is 0. The number of aryl methyl sites for hydroxylation is 1. The van der Waals surface area contributed by atoms with Gasteiger partial charge in [0.2, 0.25) is 0 Å². The van der Waals surface area contributed by atoms with Crippen LogP contribution in [0.2, 0.25) is 0 Å². The van der Waals surface area contributed by atoms with Crippen molar-refractivity contribution in [2.75, 3.05) is 0 Å². The lowest BCUT2D eigenvalue weighted by molar-refractivity contribution is 0.628. The van der Waals surface area contributed by atoms with Crippen molar-refractivity contribution < 1.29 is 0 Å². The van der Waals surface area contributed by atoms with Crippen LogP contribution in [0.3, 0.4) is 0 Å². The van der Waals surface area contributed by atoms with Crippen molar-refractivity contribution in [1.82, 2.24) is 9.55 Å². The fraction of sp³-hybridized carbons (Fsp3) is 0.571. The summed E-state index contributed by atoms with van der Waals surface area (Å²) in [6, 6.07) is 0. The summed E-state index contributed by atoms with van der Waals surface area (Å²) in [7, 11) is 0. The van der Waals surface area contributed by atoms with E-state index in [0.29, 0.717) is 0 Å². The third-order valence-electron chi connectivity index (χ3n) is 1.26. The lowest BCUT2D eigenvalue weighted by Gasteiger charge is -1.95. The fourth-order valence-electron chi connectivity index (χ4n) is 0.708. The zero-order valence-electron chi connectivity index (χ0n) is 5.67. The van der Waals surface area contributed by atoms with Crippen molar-refractivity contribution in [3.8, 4) is 0 Å². The van der Waals surface area contributed by atoms with Crippen molar-refractivity contribution in [3.05, 3.63) is 18.7 Å². The Kier molecular flexibility index (Phi) is 2.31. The number of hydrogen-bond donors (Lipinski definition) is 0. The van der Waals surface area contributed by atoms with Gasteiger partial charge in [-0.15, -0.1) is 0 Å². The molecule has 0 fully saturated rings. The molecule has 0 saturated carbocycles. The monoisotopic (exact) mass is 123 g/mol. The molecule has 0 spiro atoms. The van der Waals surface area contributed by atoms with Gasteiger partial charge in [0.1, 0.15) is 0 Å². The molecule has 1 aromatic heterocycles. The van der Waals surface area contributed by atoms with E-state index in [0.717, 1.165) is 6.54 Å². The Bertz CT molecular complexity index is 144. The van der Waals surface area contributed by atoms with Crippen LogP contribution in [0.1, 0.15) is 19.8 Å². The predicted octanol–water partition coefficient (Wildman–Crippen LogP) is 1.48. The maximum atomic E-state index is 3.81. The summed E-state index contributed by atoms with van der Waals surface area (Å²) < 4.78 is 1.98. The Morgan fingerprint density at radius 3 is 3.11 bits per heavy atom. The molecule has 9 heavy (non-hydrogen) atoms. The second-order valence-corrected chi connectivity index (χ2v) is 2.07. The first-order chi connectivity index (χ1) is 4.43. The SMILES string of the molecule is CCCCn1[c]ncc1. The molecule has 1 heterocycles. The second-order valence-electron chi connectivity index (χ2n) is 2.07. The molecular weight excluding hydrogens is 112 g/mol. The quantitative estimate of drug-likeness (QED) is 0.595. The molecule has 1 aromatic rings. The molecule has 2 nitrogen and oxygen atoms in total. The normalized spacial score (nSPS) is 9.89. The molecule has 0 unspecified atom stereocenters. The van der Waals surface area contributed by atoms with Gasteiger partial charge in [0.05, 0.1) is 0 Å². The molecule has 0 aliphatic heterocycles. The first kappa shape index (κ1) is 6.33. The molecular formula is C7H11N2. The highest BCUT2D eigenvalue weighted by molar-refractivity contribution is 4.71. The molecule has 1 rings (SSSR count). The average Bonchev–Trinajstić information content (AvgIpc) is 2.34. The van der Waals surface area contributed by atoms with Crippen LogP contribution >= 0.6 is 0 Å². The topological polar surface area (TPSA) is 17.8 Å². The van der Waals surface area contributed by atoms with Gasteiger partial charge in [-0.1, -0.05) is 13.3 Å². The summed E-state index contributed by atoms with van der Waals surface area (Å²) >= 11 is 0. The zero-order chi connectivity index (χ0) is 6.53. The van der Waals surface area contributed by atoms with E-state index in [1.165, 1.54) is 12.8 Å². The van der Waals surface area contributed by atoms with Crippen LogP contribution in [0.5, 0.6) is 0 Å². The van der Waals surface area contributed by atoms with Gasteiger partial charge in [-0.3, -0.25) is 0 Å². The number of aromatic nitrogens is 2. The van der Waals surface area contributed by atoms with Crippen LogP contribution in [-0.2, 0) is 6.54 Å². The Morgan fingerprint density at radius 1 is 1.67 bits per heavy atom. The van der Waals surface area contributed by atoms with Gasteiger partial charge in [-0.2, -0.15) is 0 Å². The molecule has 0 aliphatic carbocycles. The van der Waals surface area contributed by atoms with Gasteiger partial charge < -0.3 is 4.57 Å². The lowest BCUT2D eigenvalue weighted by atomic mass is 10.3. The molecule has 2 heteroatoms. The van der Waals surface area contributed by atoms with Crippen LogP contribution in [0.4, 0.5) is 0 Å². The van der Waals surface area contributed by atoms with E-state index < -0.39 is 0 Å². The number of hydrogen-bond acceptors (Lipinski definition) is 1. The average molecular weight is 123 g/mol. The standard InChI is InChI=1S/C7H11N2/c1-2-3-5-9-6-4-8-7-9/h4,6H,2-3,5H2,1H3. The van der Waals surface area contributed by atoms with E-state index in [1.54, 1.807) is 6.20 Å². The Labute approximate surface area is 55.5 Å². The third-order valence-corrected chi connectivity index (χ3v) is 1.26. The second kappa shape index (κ2) is 3.28. The molecule has 0 aromatic carbocycles. The summed E-state index contributed by atoms with van der Waals surface area (Å²) in [5, 5.41) is 0. The fourth-order valence-corrected chi connectivity index (χ4v) is 0.708. The highest BCUT2D eigenvalue weighted by atomic mass is 15.0. The Hall–Kier alpha value is -0.790. The van der Waals surface area contributed by atoms with Gasteiger partial charge in [0, 0.05) is 18.9 Å². The molecule has 0 bridgehead atoms. The predicted molar refractivity (Wildman–Crippen MR) is 36.0 cm³/mol. The van der Waals surface area contributed by atoms with Crippen LogP contribution in [-0.4, -0.2) is 9.55 Å². The van der Waals surface area contributed by atoms with E-state index in [9.17, 15) is 0 Å². The first-order valence-corrected chi connectivity index (χ1v) is 3.32. The Morgan fingerprint density at radius 2 is 2.56 bits per heavy atom. The number of imidazole rings is 1. The van der Waals surface area contributed by atoms with Crippen molar-refractivity contribution in [3.63, 3.8) is 0 Å². The van der Waals surface area contributed by atoms with E-state index in [2.05, 4.69) is 18.2 Å². The minimum Gasteiger partial charge on any atom is -0.328 e. The van der Waals surface area contributed by atoms with Crippen LogP contribution < -0.4 is 0 Å². The number of rotatable bonds is 3. The maximum absolute atomic E-state index is 3.81. The van der Waals surface area contributed by atoms with Crippen molar-refractivity contribution >= 4 is 0 Å². The Balaban J connectivity index is 2.30. The van der Waals surface area contributed by atoms with E-state index >= 15 is 0 Å². The molecule has 1 radical (unpaired) electrons. The molecule has 0 amide bonds. The molecule has 0 N–H and O–H groups in total. The summed E-state index contributed by atoms with van der Waals surface area (Å²) in [5.74, 6) is 0. The third kappa shape index (κ3) is 1.88. The van der Waals surface area contributed by atoms with E-state index in [-0.39, 0.29) is 0 Å². The molecule has 0 saturated heterocycles. The van der Waals surface area contributed by atoms with Crippen LogP contribution in [0.25, 0.3) is 0 Å². The van der Waals surface area contributed by atoms with Crippen molar-refractivity contribution in [1.29, 1.82) is 0 Å². The molecule has 0 atom stereocenters. The van der Waals surface area contributed by atoms with Crippen LogP contribution in [0.15, 0.2) is 12.4 Å². The number of unbranched alkanes of at least 4 members (excludes halogenated alkanes) is 1. The highest BCUT2D eigenvalue weighted by Gasteiger charge is 1.86. The minimum atomic E-state index is 1.05. The maximum Gasteiger partial charge on any atom is 0.176 e. The van der Waals surface area contributed by atoms with Gasteiger partial charge >= 0.3 is 0 Å².